The number of hydrogen-bond donors (Lipinski definition) is 1. The van der Waals surface area contributed by atoms with E-state index in [2.05, 4.69) is 11.7 Å². The van der Waals surface area contributed by atoms with Crippen LogP contribution in [0.2, 0.25) is 0 Å². The molecule has 1 aromatic heterocycles. The molecule has 0 aromatic carbocycles. The van der Waals surface area contributed by atoms with E-state index >= 15 is 0 Å². The lowest BCUT2D eigenvalue weighted by Gasteiger charge is -2.01. The van der Waals surface area contributed by atoms with Gasteiger partial charge < -0.3 is 9.84 Å². The number of unbranched alkanes of at least 4 members (excludes halogenated alkanes) is 6. The predicted octanol–water partition coefficient (Wildman–Crippen LogP) is 3.55. The van der Waals surface area contributed by atoms with Gasteiger partial charge in [0.25, 0.3) is 0 Å². The zero-order valence-electron chi connectivity index (χ0n) is 13.3. The van der Waals surface area contributed by atoms with Crippen molar-refractivity contribution in [2.45, 2.75) is 58.4 Å². The van der Waals surface area contributed by atoms with Crippen molar-refractivity contribution >= 4 is 23.4 Å². The maximum absolute atomic E-state index is 11.7. The first-order valence-electron chi connectivity index (χ1n) is 7.76. The fourth-order valence-electron chi connectivity index (χ4n) is 2.09. The lowest BCUT2D eigenvalue weighted by atomic mass is 10.1. The van der Waals surface area contributed by atoms with Gasteiger partial charge >= 0.3 is 10.8 Å². The molecule has 0 aliphatic carbocycles. The Morgan fingerprint density at radius 1 is 1.27 bits per heavy atom. The summed E-state index contributed by atoms with van der Waals surface area (Å²) >= 11 is 0.931. The minimum Gasteiger partial charge on any atom is -0.493 e. The van der Waals surface area contributed by atoms with Gasteiger partial charge in [0.15, 0.2) is 0 Å². The van der Waals surface area contributed by atoms with Crippen LogP contribution in [0.3, 0.4) is 0 Å². The smallest absolute Gasteiger partial charge is 0.325 e. The van der Waals surface area contributed by atoms with E-state index in [-0.39, 0.29) is 17.3 Å². The zero-order valence-corrected chi connectivity index (χ0v) is 14.2. The van der Waals surface area contributed by atoms with E-state index in [0.717, 1.165) is 28.7 Å². The Labute approximate surface area is 135 Å². The quantitative estimate of drug-likeness (QED) is 0.527. The fraction of sp³-hybridized carbons (Fsp3) is 0.625. The van der Waals surface area contributed by atoms with Crippen LogP contribution in [0.4, 0.5) is 0 Å². The normalized spacial score (nSPS) is 11.2. The summed E-state index contributed by atoms with van der Waals surface area (Å²) in [6.45, 7) is 1.94. The highest BCUT2D eigenvalue weighted by molar-refractivity contribution is 7.10. The molecule has 0 radical (unpaired) electrons. The van der Waals surface area contributed by atoms with Crippen LogP contribution >= 0.6 is 11.3 Å². The third kappa shape index (κ3) is 6.05. The molecule has 5 nitrogen and oxygen atoms in total. The van der Waals surface area contributed by atoms with E-state index in [1.807, 2.05) is 6.08 Å². The number of carbonyl (C=O) groups excluding carboxylic acids is 1. The highest BCUT2D eigenvalue weighted by Gasteiger charge is 2.14. The van der Waals surface area contributed by atoms with Gasteiger partial charge in [-0.05, 0) is 18.9 Å². The van der Waals surface area contributed by atoms with Gasteiger partial charge in [-0.25, -0.2) is 0 Å². The molecule has 22 heavy (non-hydrogen) atoms. The van der Waals surface area contributed by atoms with E-state index in [4.69, 9.17) is 0 Å². The van der Waals surface area contributed by atoms with Crippen LogP contribution < -0.4 is 4.87 Å². The van der Waals surface area contributed by atoms with Crippen LogP contribution in [0.1, 0.15) is 56.7 Å². The van der Waals surface area contributed by atoms with Crippen LogP contribution in [0, 0.1) is 0 Å². The fourth-order valence-corrected chi connectivity index (χ4v) is 2.90. The van der Waals surface area contributed by atoms with Crippen LogP contribution in [0.5, 0.6) is 5.88 Å². The van der Waals surface area contributed by atoms with Gasteiger partial charge in [0.1, 0.15) is 6.54 Å². The number of rotatable bonds is 10. The Morgan fingerprint density at radius 2 is 1.95 bits per heavy atom. The van der Waals surface area contributed by atoms with Gasteiger partial charge in [0, 0.05) is 0 Å². The van der Waals surface area contributed by atoms with Gasteiger partial charge in [-0.2, -0.15) is 0 Å². The van der Waals surface area contributed by atoms with Crippen LogP contribution in [-0.4, -0.2) is 22.8 Å². The Bertz CT molecular complexity index is 545. The molecule has 1 N–H and O–H groups in total. The Hall–Kier alpha value is -1.56. The number of carbonyl (C=O) groups is 1. The number of thiazole rings is 1. The summed E-state index contributed by atoms with van der Waals surface area (Å²) in [5.74, 6) is -0.725. The molecule has 0 aliphatic rings. The van der Waals surface area contributed by atoms with E-state index < -0.39 is 5.97 Å². The van der Waals surface area contributed by atoms with E-state index in [1.165, 1.54) is 39.2 Å². The van der Waals surface area contributed by atoms with Gasteiger partial charge in [-0.1, -0.05) is 56.4 Å². The third-order valence-electron chi connectivity index (χ3n) is 3.40. The lowest BCUT2D eigenvalue weighted by molar-refractivity contribution is -0.141. The summed E-state index contributed by atoms with van der Waals surface area (Å²) in [6, 6.07) is 0. The molecule has 0 atom stereocenters. The first-order chi connectivity index (χ1) is 10.6. The second kappa shape index (κ2) is 10.2. The van der Waals surface area contributed by atoms with Gasteiger partial charge in [-0.15, -0.1) is 0 Å². The van der Waals surface area contributed by atoms with E-state index in [1.54, 1.807) is 6.08 Å². The Kier molecular flexibility index (Phi) is 8.58. The van der Waals surface area contributed by atoms with Crippen molar-refractivity contribution in [2.75, 3.05) is 7.11 Å². The third-order valence-corrected chi connectivity index (χ3v) is 4.34. The van der Waals surface area contributed by atoms with Crippen LogP contribution in [-0.2, 0) is 16.1 Å². The Balaban J connectivity index is 2.46. The summed E-state index contributed by atoms with van der Waals surface area (Å²) in [5, 5.41) is 9.97. The molecule has 0 bridgehead atoms. The SMILES string of the molecule is CCCCCCCC/C=C/c1sc(=O)n(CC(=O)OC)c1O. The number of allylic oxidation sites excluding steroid dienone is 1. The number of methoxy groups -OCH3 is 1. The number of hydrogen-bond acceptors (Lipinski definition) is 5. The van der Waals surface area contributed by atoms with Crippen molar-refractivity contribution in [3.05, 3.63) is 20.6 Å². The maximum atomic E-state index is 11.7. The molecule has 1 rings (SSSR count). The van der Waals surface area contributed by atoms with Crippen LogP contribution in [0.25, 0.3) is 6.08 Å². The Morgan fingerprint density at radius 3 is 2.64 bits per heavy atom. The first-order valence-corrected chi connectivity index (χ1v) is 8.57. The number of esters is 1. The van der Waals surface area contributed by atoms with E-state index in [9.17, 15) is 14.7 Å². The molecule has 0 unspecified atom stereocenters. The van der Waals surface area contributed by atoms with E-state index in [0.29, 0.717) is 4.88 Å². The first kappa shape index (κ1) is 18.5. The second-order valence-corrected chi connectivity index (χ2v) is 6.17. The molecule has 124 valence electrons. The summed E-state index contributed by atoms with van der Waals surface area (Å²) < 4.78 is 5.53. The maximum Gasteiger partial charge on any atom is 0.325 e. The molecule has 0 aliphatic heterocycles. The largest absolute Gasteiger partial charge is 0.493 e. The minimum atomic E-state index is -0.558. The molecule has 0 spiro atoms. The minimum absolute atomic E-state index is 0.167. The number of ether oxygens (including phenoxy) is 1. The zero-order chi connectivity index (χ0) is 16.4. The number of aromatic hydroxyl groups is 1. The highest BCUT2D eigenvalue weighted by Crippen LogP contribution is 2.22. The summed E-state index contributed by atoms with van der Waals surface area (Å²) in [4.78, 5) is 23.1. The van der Waals surface area contributed by atoms with Gasteiger partial charge in [0.2, 0.25) is 5.88 Å². The summed E-state index contributed by atoms with van der Waals surface area (Å²) in [5.41, 5.74) is 0. The number of aromatic nitrogens is 1. The summed E-state index contributed by atoms with van der Waals surface area (Å²) in [7, 11) is 1.25. The molecule has 0 amide bonds. The molecule has 0 fully saturated rings. The van der Waals surface area contributed by atoms with Crippen molar-refractivity contribution < 1.29 is 14.6 Å². The molecule has 1 heterocycles. The topological polar surface area (TPSA) is 68.5 Å². The predicted molar refractivity (Wildman–Crippen MR) is 89.3 cm³/mol. The molecular formula is C16H25NO4S. The van der Waals surface area contributed by atoms with Crippen molar-refractivity contribution in [1.82, 2.24) is 4.57 Å². The second-order valence-electron chi connectivity index (χ2n) is 5.18. The van der Waals surface area contributed by atoms with Crippen molar-refractivity contribution in [3.8, 4) is 5.88 Å². The summed E-state index contributed by atoms with van der Waals surface area (Å²) in [6.07, 6.45) is 12.1. The van der Waals surface area contributed by atoms with Gasteiger partial charge in [0.05, 0.1) is 12.0 Å². The molecule has 0 saturated carbocycles. The standard InChI is InChI=1S/C16H25NO4S/c1-3-4-5-6-7-8-9-10-11-13-15(19)17(16(20)22-13)12-14(18)21-2/h10-11,19H,3-9,12H2,1-2H3/b11-10+. The lowest BCUT2D eigenvalue weighted by Crippen LogP contribution is -2.19. The number of nitrogens with zero attached hydrogens (tertiary/aromatic N) is 1. The monoisotopic (exact) mass is 327 g/mol. The van der Waals surface area contributed by atoms with Crippen molar-refractivity contribution in [1.29, 1.82) is 0 Å². The molecule has 6 heteroatoms. The molecule has 1 aromatic rings. The molecular weight excluding hydrogens is 302 g/mol. The van der Waals surface area contributed by atoms with Crippen molar-refractivity contribution in [2.24, 2.45) is 0 Å². The van der Waals surface area contributed by atoms with Crippen LogP contribution in [0.15, 0.2) is 10.9 Å². The molecule has 0 saturated heterocycles. The van der Waals surface area contributed by atoms with Gasteiger partial charge in [-0.3, -0.25) is 14.2 Å². The highest BCUT2D eigenvalue weighted by atomic mass is 32.1. The average Bonchev–Trinajstić information content (AvgIpc) is 2.77. The average molecular weight is 327 g/mol. The van der Waals surface area contributed by atoms with Crippen molar-refractivity contribution in [3.63, 3.8) is 0 Å².